The highest BCUT2D eigenvalue weighted by Gasteiger charge is 2.59. The highest BCUT2D eigenvalue weighted by molar-refractivity contribution is 5.92. The summed E-state index contributed by atoms with van der Waals surface area (Å²) in [5.74, 6) is -10.2. The van der Waals surface area contributed by atoms with Crippen molar-refractivity contribution in [3.8, 4) is 36.4 Å². The lowest BCUT2D eigenvalue weighted by Gasteiger charge is -2.24. The van der Waals surface area contributed by atoms with Gasteiger partial charge in [-0.25, -0.2) is 0 Å². The number of carbonyl (C=O) groups excluding carboxylic acids is 2. The third-order valence-corrected chi connectivity index (χ3v) is 7.73. The minimum Gasteiger partial charge on any atom is -0.299 e. The molecule has 22 heteroatoms. The maximum atomic E-state index is 13.8. The van der Waals surface area contributed by atoms with Gasteiger partial charge in [0.2, 0.25) is 0 Å². The lowest BCUT2D eigenvalue weighted by molar-refractivity contribution is -0.134. The molecule has 0 radical (unpaired) electrons. The number of carbonyl (C=O) groups is 2. The molecule has 272 valence electrons. The Bertz CT molecular complexity index is 1750. The molecule has 2 rings (SSSR count). The van der Waals surface area contributed by atoms with Gasteiger partial charge in [0, 0.05) is 12.8 Å². The van der Waals surface area contributed by atoms with Crippen LogP contribution >= 0.6 is 0 Å². The fourth-order valence-electron chi connectivity index (χ4n) is 5.23. The van der Waals surface area contributed by atoms with E-state index < -0.39 is 129 Å². The van der Waals surface area contributed by atoms with Crippen LogP contribution in [0.25, 0.3) is 0 Å². The predicted octanol–water partition coefficient (Wildman–Crippen LogP) is 7.49. The molecule has 2 aliphatic carbocycles. The van der Waals surface area contributed by atoms with E-state index in [-0.39, 0.29) is 0 Å². The van der Waals surface area contributed by atoms with Gasteiger partial charge in [0.15, 0.2) is 11.1 Å². The van der Waals surface area contributed by atoms with Gasteiger partial charge in [-0.05, 0) is 26.7 Å². The van der Waals surface area contributed by atoms with E-state index in [1.54, 1.807) is 0 Å². The first kappa shape index (κ1) is 42.2. The van der Waals surface area contributed by atoms with Crippen molar-refractivity contribution in [3.63, 3.8) is 0 Å². The predicted molar refractivity (Wildman–Crippen MR) is 143 cm³/mol. The van der Waals surface area contributed by atoms with Gasteiger partial charge in [-0.3, -0.25) is 9.59 Å². The molecule has 0 bridgehead atoms. The third-order valence-electron chi connectivity index (χ3n) is 7.73. The second kappa shape index (κ2) is 14.3. The van der Waals surface area contributed by atoms with Gasteiger partial charge in [-0.15, -0.1) is 0 Å². The number of halogens is 12. The average Bonchev–Trinajstić information content (AvgIpc) is 3.59. The second-order valence-electron chi connectivity index (χ2n) is 11.4. The van der Waals surface area contributed by atoms with Gasteiger partial charge in [0.05, 0.1) is 68.6 Å². The Morgan fingerprint density at radius 3 is 0.865 bits per heavy atom. The summed E-state index contributed by atoms with van der Waals surface area (Å²) in [4.78, 5) is 25.8. The van der Waals surface area contributed by atoms with Crippen LogP contribution in [0.2, 0.25) is 0 Å². The van der Waals surface area contributed by atoms with E-state index in [4.69, 9.17) is 21.0 Å². The number of alkyl halides is 12. The Hall–Kier alpha value is -6.00. The maximum Gasteiger partial charge on any atom is 0.415 e. The minimum absolute atomic E-state index is 0.829. The zero-order chi connectivity index (χ0) is 40.4. The first-order valence-corrected chi connectivity index (χ1v) is 13.8. The molecule has 10 nitrogen and oxygen atoms in total. The standard InChI is InChI=1S/C30H16F12N8O2/c1-25(11-47,5-3-17(51)19-21(27(31,32)33)13(7-43)14(8-44)22(19)28(34,35)36)49-50-26(2,12-48)6-4-18(52)20-23(29(37,38)39)15(9-45)16(10-46)24(20)30(40,41)42/h19-20H,3-6H2,1-2H3. The summed E-state index contributed by atoms with van der Waals surface area (Å²) in [6.07, 6.45) is -27.5. The lowest BCUT2D eigenvalue weighted by atomic mass is 9.85. The Labute approximate surface area is 284 Å². The molecule has 52 heavy (non-hydrogen) atoms. The van der Waals surface area contributed by atoms with Crippen LogP contribution in [0.4, 0.5) is 52.7 Å². The molecule has 0 fully saturated rings. The highest BCUT2D eigenvalue weighted by Crippen LogP contribution is 2.53. The normalized spacial score (nSPS) is 18.7. The summed E-state index contributed by atoms with van der Waals surface area (Å²) in [6.45, 7) is 1.66. The number of ketones is 2. The van der Waals surface area contributed by atoms with E-state index in [9.17, 15) is 72.8 Å². The number of nitrogens with zero attached hydrogens (tertiary/aromatic N) is 8. The van der Waals surface area contributed by atoms with E-state index in [0.29, 0.717) is 0 Å². The molecular weight excluding hydrogens is 732 g/mol. The van der Waals surface area contributed by atoms with E-state index in [1.807, 2.05) is 0 Å². The Morgan fingerprint density at radius 2 is 0.712 bits per heavy atom. The maximum absolute atomic E-state index is 13.8. The largest absolute Gasteiger partial charge is 0.415 e. The summed E-state index contributed by atoms with van der Waals surface area (Å²) in [5, 5.41) is 62.7. The summed E-state index contributed by atoms with van der Waals surface area (Å²) in [5.41, 5.74) is -20.8. The molecule has 0 heterocycles. The van der Waals surface area contributed by atoms with Crippen molar-refractivity contribution in [2.45, 2.75) is 75.3 Å². The molecule has 0 saturated heterocycles. The number of Topliss-reactive ketones (excluding diaryl/α,β-unsaturated/α-hetero) is 2. The van der Waals surface area contributed by atoms with Crippen molar-refractivity contribution < 1.29 is 62.3 Å². The van der Waals surface area contributed by atoms with Crippen LogP contribution in [0.3, 0.4) is 0 Å². The van der Waals surface area contributed by atoms with Crippen molar-refractivity contribution in [2.24, 2.45) is 22.1 Å². The minimum atomic E-state index is -5.72. The van der Waals surface area contributed by atoms with E-state index in [1.165, 1.54) is 12.1 Å². The van der Waals surface area contributed by atoms with E-state index >= 15 is 0 Å². The molecule has 2 aliphatic rings. The van der Waals surface area contributed by atoms with Crippen molar-refractivity contribution >= 4 is 11.6 Å². The Morgan fingerprint density at radius 1 is 0.500 bits per heavy atom. The van der Waals surface area contributed by atoms with Crippen molar-refractivity contribution in [2.75, 3.05) is 0 Å². The summed E-state index contributed by atoms with van der Waals surface area (Å²) < 4.78 is 166. The first-order valence-electron chi connectivity index (χ1n) is 13.8. The van der Waals surface area contributed by atoms with Crippen LogP contribution in [0, 0.1) is 79.8 Å². The summed E-state index contributed by atoms with van der Waals surface area (Å²) in [6, 6.07) is 6.25. The zero-order valence-electron chi connectivity index (χ0n) is 25.9. The van der Waals surface area contributed by atoms with Crippen LogP contribution < -0.4 is 0 Å². The van der Waals surface area contributed by atoms with Crippen LogP contribution in [-0.4, -0.2) is 47.3 Å². The number of nitriles is 6. The monoisotopic (exact) mass is 748 g/mol. The quantitative estimate of drug-likeness (QED) is 0.161. The van der Waals surface area contributed by atoms with Gasteiger partial charge in [-0.1, -0.05) is 0 Å². The van der Waals surface area contributed by atoms with Gasteiger partial charge in [-0.2, -0.15) is 94.5 Å². The number of allylic oxidation sites excluding steroid dienone is 8. The van der Waals surface area contributed by atoms with Crippen molar-refractivity contribution in [1.29, 1.82) is 31.6 Å². The third kappa shape index (κ3) is 8.30. The molecule has 0 spiro atoms. The SMILES string of the molecule is CC(C#N)(CCC(=O)C1C(C(F)(F)F)=C(C#N)C(C#N)=C1C(F)(F)F)N=NC(C)(C#N)CCC(=O)C1C(C(F)(F)F)=C(C#N)C(C#N)=C1C(F)(F)F. The fraction of sp³-hybridized carbons (Fsp3) is 0.467. The molecule has 0 N–H and O–H groups in total. The van der Waals surface area contributed by atoms with Gasteiger partial charge in [0.25, 0.3) is 0 Å². The second-order valence-corrected chi connectivity index (χ2v) is 11.4. The van der Waals surface area contributed by atoms with Gasteiger partial charge >= 0.3 is 24.7 Å². The number of azo groups is 1. The Balaban J connectivity index is 2.44. The molecule has 2 atom stereocenters. The molecule has 0 aromatic carbocycles. The Kier molecular flexibility index (Phi) is 11.6. The van der Waals surface area contributed by atoms with Crippen molar-refractivity contribution in [3.05, 3.63) is 44.6 Å². The highest BCUT2D eigenvalue weighted by atomic mass is 19.4. The molecule has 0 amide bonds. The zero-order valence-corrected chi connectivity index (χ0v) is 25.9. The molecule has 0 aromatic rings. The summed E-state index contributed by atoms with van der Waals surface area (Å²) in [7, 11) is 0. The number of rotatable bonds is 10. The lowest BCUT2D eigenvalue weighted by Crippen LogP contribution is -2.33. The van der Waals surface area contributed by atoms with Gasteiger partial charge in [0.1, 0.15) is 35.8 Å². The molecule has 0 saturated carbocycles. The van der Waals surface area contributed by atoms with E-state index in [0.717, 1.165) is 38.1 Å². The van der Waals surface area contributed by atoms with Crippen molar-refractivity contribution in [1.82, 2.24) is 0 Å². The first-order chi connectivity index (χ1) is 23.6. The molecule has 0 aliphatic heterocycles. The molecule has 2 unspecified atom stereocenters. The molecule has 0 aromatic heterocycles. The topological polar surface area (TPSA) is 202 Å². The molecular formula is C30H16F12N8O2. The van der Waals surface area contributed by atoms with Gasteiger partial charge < -0.3 is 0 Å². The number of hydrogen-bond acceptors (Lipinski definition) is 10. The summed E-state index contributed by atoms with van der Waals surface area (Å²) >= 11 is 0. The van der Waals surface area contributed by atoms with Crippen LogP contribution in [0.15, 0.2) is 54.8 Å². The average molecular weight is 748 g/mol. The van der Waals surface area contributed by atoms with E-state index in [2.05, 4.69) is 10.2 Å². The smallest absolute Gasteiger partial charge is 0.299 e. The van der Waals surface area contributed by atoms with Crippen LogP contribution in [0.1, 0.15) is 39.5 Å². The fourth-order valence-corrected chi connectivity index (χ4v) is 5.23. The van der Waals surface area contributed by atoms with Crippen LogP contribution in [-0.2, 0) is 9.59 Å². The van der Waals surface area contributed by atoms with Crippen LogP contribution in [0.5, 0.6) is 0 Å². The number of hydrogen-bond donors (Lipinski definition) is 0.